The topological polar surface area (TPSA) is 114 Å². The number of imide groups is 1. The van der Waals surface area contributed by atoms with Gasteiger partial charge in [0, 0.05) is 5.69 Å². The summed E-state index contributed by atoms with van der Waals surface area (Å²) in [6.45, 7) is 1.13. The van der Waals surface area contributed by atoms with Crippen LogP contribution in [0.5, 0.6) is 5.75 Å². The van der Waals surface area contributed by atoms with Crippen molar-refractivity contribution in [2.75, 3.05) is 26.1 Å². The minimum Gasteiger partial charge on any atom is -0.497 e. The van der Waals surface area contributed by atoms with Crippen LogP contribution in [0.1, 0.15) is 22.8 Å². The molecule has 1 fully saturated rings. The highest BCUT2D eigenvalue weighted by molar-refractivity contribution is 6.10. The van der Waals surface area contributed by atoms with E-state index in [2.05, 4.69) is 15.4 Å². The normalized spacial score (nSPS) is 18.0. The molecule has 4 amide bonds. The summed E-state index contributed by atoms with van der Waals surface area (Å²) in [6, 6.07) is 12.1. The van der Waals surface area contributed by atoms with Gasteiger partial charge in [-0.15, -0.1) is 0 Å². The van der Waals surface area contributed by atoms with E-state index in [-0.39, 0.29) is 0 Å². The van der Waals surface area contributed by atoms with Gasteiger partial charge < -0.3 is 20.1 Å². The Labute approximate surface area is 172 Å². The highest BCUT2D eigenvalue weighted by Crippen LogP contribution is 2.30. The number of rotatable bonds is 6. The molecular weight excluding hydrogens is 390 g/mol. The lowest BCUT2D eigenvalue weighted by Crippen LogP contribution is -2.42. The first kappa shape index (κ1) is 20.8. The number of carbonyl (C=O) groups is 4. The predicted molar refractivity (Wildman–Crippen MR) is 107 cm³/mol. The number of anilines is 1. The molecule has 0 radical (unpaired) electrons. The summed E-state index contributed by atoms with van der Waals surface area (Å²) in [4.78, 5) is 50.0. The lowest BCUT2D eigenvalue weighted by atomic mass is 9.92. The Hall–Kier alpha value is -3.88. The Morgan fingerprint density at radius 3 is 2.23 bits per heavy atom. The number of nitrogens with one attached hydrogen (secondary N) is 2. The van der Waals surface area contributed by atoms with Crippen molar-refractivity contribution in [1.29, 1.82) is 0 Å². The summed E-state index contributed by atoms with van der Waals surface area (Å²) in [5.74, 6) is -0.962. The molecule has 0 aliphatic carbocycles. The van der Waals surface area contributed by atoms with Crippen molar-refractivity contribution in [2.45, 2.75) is 12.5 Å². The zero-order valence-electron chi connectivity index (χ0n) is 16.7. The maximum absolute atomic E-state index is 12.9. The summed E-state index contributed by atoms with van der Waals surface area (Å²) < 4.78 is 9.73. The third-order valence-electron chi connectivity index (χ3n) is 4.83. The van der Waals surface area contributed by atoms with Crippen LogP contribution in [0, 0.1) is 0 Å². The van der Waals surface area contributed by atoms with Crippen LogP contribution in [-0.4, -0.2) is 49.5 Å². The molecule has 0 spiro atoms. The van der Waals surface area contributed by atoms with E-state index in [0.717, 1.165) is 4.90 Å². The van der Waals surface area contributed by atoms with Gasteiger partial charge in [0.15, 0.2) is 0 Å². The molecule has 9 heteroatoms. The average Bonchev–Trinajstić information content (AvgIpc) is 2.97. The van der Waals surface area contributed by atoms with Gasteiger partial charge in [0.2, 0.25) is 5.91 Å². The largest absolute Gasteiger partial charge is 0.497 e. The standard InChI is InChI=1S/C21H21N3O6/c1-21(14-6-10-16(29-2)11-7-14)19(27)24(20(28)23-21)12-17(25)22-15-8-4-13(5-9-15)18(26)30-3/h4-11H,12H2,1-3H3,(H,22,25)(H,23,28)/t21-/m1/s1. The van der Waals surface area contributed by atoms with Crippen molar-refractivity contribution in [3.8, 4) is 5.75 Å². The third kappa shape index (κ3) is 3.95. The molecule has 0 saturated carbocycles. The van der Waals surface area contributed by atoms with Gasteiger partial charge in [-0.25, -0.2) is 9.59 Å². The number of amides is 4. The van der Waals surface area contributed by atoms with E-state index >= 15 is 0 Å². The second-order valence-corrected chi connectivity index (χ2v) is 6.79. The molecule has 1 saturated heterocycles. The van der Waals surface area contributed by atoms with E-state index < -0.39 is 35.9 Å². The van der Waals surface area contributed by atoms with Gasteiger partial charge in [0.1, 0.15) is 17.8 Å². The number of benzene rings is 2. The Balaban J connectivity index is 1.68. The molecule has 9 nitrogen and oxygen atoms in total. The van der Waals surface area contributed by atoms with Crippen LogP contribution in [0.4, 0.5) is 10.5 Å². The molecule has 156 valence electrons. The molecule has 30 heavy (non-hydrogen) atoms. The quantitative estimate of drug-likeness (QED) is 0.554. The molecule has 2 aromatic carbocycles. The zero-order valence-corrected chi connectivity index (χ0v) is 16.7. The summed E-state index contributed by atoms with van der Waals surface area (Å²) in [7, 11) is 2.80. The van der Waals surface area contributed by atoms with Gasteiger partial charge in [-0.2, -0.15) is 0 Å². The monoisotopic (exact) mass is 411 g/mol. The summed E-state index contributed by atoms with van der Waals surface area (Å²) in [5.41, 5.74) is 0.0339. The predicted octanol–water partition coefficient (Wildman–Crippen LogP) is 1.89. The van der Waals surface area contributed by atoms with E-state index in [9.17, 15) is 19.2 Å². The second-order valence-electron chi connectivity index (χ2n) is 6.79. The van der Waals surface area contributed by atoms with Crippen molar-refractivity contribution in [1.82, 2.24) is 10.2 Å². The van der Waals surface area contributed by atoms with Gasteiger partial charge in [-0.05, 0) is 48.9 Å². The molecule has 1 atom stereocenters. The number of esters is 1. The van der Waals surface area contributed by atoms with Crippen LogP contribution in [-0.2, 0) is 19.9 Å². The van der Waals surface area contributed by atoms with Gasteiger partial charge in [-0.1, -0.05) is 12.1 Å². The maximum atomic E-state index is 12.9. The van der Waals surface area contributed by atoms with Crippen LogP contribution in [0.25, 0.3) is 0 Å². The number of ether oxygens (including phenoxy) is 2. The molecule has 0 bridgehead atoms. The molecule has 1 heterocycles. The molecule has 0 unspecified atom stereocenters. The third-order valence-corrected chi connectivity index (χ3v) is 4.83. The zero-order chi connectivity index (χ0) is 21.9. The van der Waals surface area contributed by atoms with Crippen molar-refractivity contribution in [2.24, 2.45) is 0 Å². The summed E-state index contributed by atoms with van der Waals surface area (Å²) in [6.07, 6.45) is 0. The van der Waals surface area contributed by atoms with Crippen molar-refractivity contribution < 1.29 is 28.7 Å². The van der Waals surface area contributed by atoms with E-state index in [1.165, 1.54) is 38.5 Å². The van der Waals surface area contributed by atoms with Gasteiger partial charge in [0.05, 0.1) is 19.8 Å². The number of nitrogens with zero attached hydrogens (tertiary/aromatic N) is 1. The molecule has 0 aromatic heterocycles. The summed E-state index contributed by atoms with van der Waals surface area (Å²) in [5, 5.41) is 5.24. The first-order valence-electron chi connectivity index (χ1n) is 9.05. The van der Waals surface area contributed by atoms with Gasteiger partial charge in [0.25, 0.3) is 5.91 Å². The highest BCUT2D eigenvalue weighted by Gasteiger charge is 2.49. The first-order valence-corrected chi connectivity index (χ1v) is 9.05. The van der Waals surface area contributed by atoms with E-state index in [0.29, 0.717) is 22.6 Å². The van der Waals surface area contributed by atoms with Crippen LogP contribution >= 0.6 is 0 Å². The number of hydrogen-bond donors (Lipinski definition) is 2. The van der Waals surface area contributed by atoms with Crippen LogP contribution in [0.3, 0.4) is 0 Å². The van der Waals surface area contributed by atoms with E-state index in [1.54, 1.807) is 31.2 Å². The minimum absolute atomic E-state index is 0.333. The van der Waals surface area contributed by atoms with Crippen LogP contribution in [0.15, 0.2) is 48.5 Å². The molecule has 3 rings (SSSR count). The minimum atomic E-state index is -1.29. The Morgan fingerprint density at radius 2 is 1.67 bits per heavy atom. The second kappa shape index (κ2) is 8.24. The molecular formula is C21H21N3O6. The fourth-order valence-corrected chi connectivity index (χ4v) is 3.11. The fraction of sp³-hybridized carbons (Fsp3) is 0.238. The molecule has 2 N–H and O–H groups in total. The fourth-order valence-electron chi connectivity index (χ4n) is 3.11. The smallest absolute Gasteiger partial charge is 0.337 e. The number of carbonyl (C=O) groups excluding carboxylic acids is 4. The van der Waals surface area contributed by atoms with Gasteiger partial charge in [-0.3, -0.25) is 14.5 Å². The lowest BCUT2D eigenvalue weighted by Gasteiger charge is -2.22. The SMILES string of the molecule is COC(=O)c1ccc(NC(=O)CN2C(=O)N[C@](C)(c3ccc(OC)cc3)C2=O)cc1. The molecule has 1 aliphatic heterocycles. The highest BCUT2D eigenvalue weighted by atomic mass is 16.5. The maximum Gasteiger partial charge on any atom is 0.337 e. The van der Waals surface area contributed by atoms with Crippen molar-refractivity contribution in [3.05, 3.63) is 59.7 Å². The Kier molecular flexibility index (Phi) is 5.72. The first-order chi connectivity index (χ1) is 14.3. The molecule has 1 aliphatic rings. The summed E-state index contributed by atoms with van der Waals surface area (Å²) >= 11 is 0. The number of methoxy groups -OCH3 is 2. The number of hydrogen-bond acceptors (Lipinski definition) is 6. The van der Waals surface area contributed by atoms with E-state index in [1.807, 2.05) is 0 Å². The van der Waals surface area contributed by atoms with Gasteiger partial charge >= 0.3 is 12.0 Å². The van der Waals surface area contributed by atoms with Crippen LogP contribution in [0.2, 0.25) is 0 Å². The van der Waals surface area contributed by atoms with E-state index in [4.69, 9.17) is 4.74 Å². The Bertz CT molecular complexity index is 987. The van der Waals surface area contributed by atoms with Crippen LogP contribution < -0.4 is 15.4 Å². The number of urea groups is 1. The lowest BCUT2D eigenvalue weighted by molar-refractivity contribution is -0.133. The van der Waals surface area contributed by atoms with Crippen molar-refractivity contribution in [3.63, 3.8) is 0 Å². The average molecular weight is 411 g/mol. The van der Waals surface area contributed by atoms with Crippen molar-refractivity contribution >= 4 is 29.5 Å². The molecule has 2 aromatic rings. The Morgan fingerprint density at radius 1 is 1.03 bits per heavy atom.